The average Bonchev–Trinajstić information content (AvgIpc) is 2.29. The monoisotopic (exact) mass is 224 g/mol. The lowest BCUT2D eigenvalue weighted by Gasteiger charge is -2.03. The maximum absolute atomic E-state index is 11.2. The summed E-state index contributed by atoms with van der Waals surface area (Å²) in [5.74, 6) is -0.0777. The number of carbonyl (C=O) groups is 1. The highest BCUT2D eigenvalue weighted by Gasteiger charge is 1.99. The minimum Gasteiger partial charge on any atom is -0.465 e. The molecule has 0 saturated carbocycles. The van der Waals surface area contributed by atoms with Crippen LogP contribution in [0, 0.1) is 0 Å². The third-order valence-electron chi connectivity index (χ3n) is 2.98. The highest BCUT2D eigenvalue weighted by molar-refractivity contribution is 5.71. The van der Waals surface area contributed by atoms with Gasteiger partial charge in [-0.25, -0.2) is 0 Å². The van der Waals surface area contributed by atoms with Crippen LogP contribution in [0.2, 0.25) is 0 Å². The van der Waals surface area contributed by atoms with Crippen molar-refractivity contribution in [3.8, 4) is 0 Å². The molecule has 2 heteroatoms. The van der Waals surface area contributed by atoms with E-state index in [1.807, 2.05) is 6.08 Å². The first-order valence-corrected chi connectivity index (χ1v) is 6.70. The molecule has 0 unspecified atom stereocenters. The van der Waals surface area contributed by atoms with E-state index in [1.165, 1.54) is 44.9 Å². The van der Waals surface area contributed by atoms with Crippen LogP contribution >= 0.6 is 0 Å². The summed E-state index contributed by atoms with van der Waals surface area (Å²) in [6.07, 6.45) is 15.8. The lowest BCUT2D eigenvalue weighted by atomic mass is 10.1. The molecule has 1 aliphatic heterocycles. The number of esters is 1. The molecule has 2 nitrogen and oxygen atoms in total. The molecule has 0 aromatic heterocycles. The third-order valence-corrected chi connectivity index (χ3v) is 2.98. The Labute approximate surface area is 99.1 Å². The van der Waals surface area contributed by atoms with Crippen LogP contribution < -0.4 is 0 Å². The number of allylic oxidation sites excluding steroid dienone is 1. The van der Waals surface area contributed by atoms with Gasteiger partial charge in [0.05, 0.1) is 13.0 Å². The van der Waals surface area contributed by atoms with E-state index in [9.17, 15) is 4.79 Å². The molecule has 1 aliphatic rings. The Morgan fingerprint density at radius 2 is 1.44 bits per heavy atom. The highest BCUT2D eigenvalue weighted by Crippen LogP contribution is 2.10. The summed E-state index contributed by atoms with van der Waals surface area (Å²) in [6.45, 7) is 0.604. The molecule has 0 N–H and O–H groups in total. The van der Waals surface area contributed by atoms with Crippen LogP contribution in [-0.4, -0.2) is 12.6 Å². The zero-order chi connectivity index (χ0) is 11.5. The van der Waals surface area contributed by atoms with Crippen LogP contribution in [0.15, 0.2) is 12.2 Å². The predicted octanol–water partition coefficient (Wildman–Crippen LogP) is 4.00. The maximum Gasteiger partial charge on any atom is 0.309 e. The van der Waals surface area contributed by atoms with E-state index in [-0.39, 0.29) is 5.97 Å². The zero-order valence-electron chi connectivity index (χ0n) is 10.2. The van der Waals surface area contributed by atoms with Crippen LogP contribution in [0.5, 0.6) is 0 Å². The van der Waals surface area contributed by atoms with Gasteiger partial charge >= 0.3 is 5.97 Å². The molecule has 0 bridgehead atoms. The Morgan fingerprint density at radius 1 is 0.812 bits per heavy atom. The SMILES string of the molecule is O=C1CC=CCCCCCCCCCCO1. The molecular formula is C14H24O2. The van der Waals surface area contributed by atoms with Crippen molar-refractivity contribution in [2.45, 2.75) is 64.2 Å². The Morgan fingerprint density at radius 3 is 2.19 bits per heavy atom. The minimum absolute atomic E-state index is 0.0777. The second-order valence-electron chi connectivity index (χ2n) is 4.51. The van der Waals surface area contributed by atoms with E-state index in [2.05, 4.69) is 6.08 Å². The van der Waals surface area contributed by atoms with E-state index in [4.69, 9.17) is 4.74 Å². The van der Waals surface area contributed by atoms with E-state index >= 15 is 0 Å². The van der Waals surface area contributed by atoms with Gasteiger partial charge in [0.25, 0.3) is 0 Å². The minimum atomic E-state index is -0.0777. The third kappa shape index (κ3) is 7.49. The fraction of sp³-hybridized carbons (Fsp3) is 0.786. The molecule has 0 saturated heterocycles. The second kappa shape index (κ2) is 9.44. The molecule has 1 heterocycles. The van der Waals surface area contributed by atoms with E-state index < -0.39 is 0 Å². The topological polar surface area (TPSA) is 26.3 Å². The normalized spacial score (nSPS) is 21.9. The molecule has 0 aliphatic carbocycles. The number of carbonyl (C=O) groups excluding carboxylic acids is 1. The van der Waals surface area contributed by atoms with Gasteiger partial charge in [0.15, 0.2) is 0 Å². The van der Waals surface area contributed by atoms with Crippen LogP contribution in [-0.2, 0) is 9.53 Å². The van der Waals surface area contributed by atoms with Crippen molar-refractivity contribution in [1.29, 1.82) is 0 Å². The van der Waals surface area contributed by atoms with E-state index in [0.717, 1.165) is 12.8 Å². The molecule has 0 fully saturated rings. The van der Waals surface area contributed by atoms with Gasteiger partial charge in [-0.1, -0.05) is 50.7 Å². The maximum atomic E-state index is 11.2. The summed E-state index contributed by atoms with van der Waals surface area (Å²) in [5, 5.41) is 0. The fourth-order valence-electron chi connectivity index (χ4n) is 1.97. The molecule has 0 aromatic carbocycles. The van der Waals surface area contributed by atoms with Gasteiger partial charge < -0.3 is 4.74 Å². The molecule has 92 valence electrons. The summed E-state index contributed by atoms with van der Waals surface area (Å²) in [5.41, 5.74) is 0. The van der Waals surface area contributed by atoms with Crippen LogP contribution in [0.3, 0.4) is 0 Å². The summed E-state index contributed by atoms with van der Waals surface area (Å²) in [6, 6.07) is 0. The largest absolute Gasteiger partial charge is 0.465 e. The van der Waals surface area contributed by atoms with Gasteiger partial charge in [0, 0.05) is 0 Å². The summed E-state index contributed by atoms with van der Waals surface area (Å²) < 4.78 is 5.13. The smallest absolute Gasteiger partial charge is 0.309 e. The quantitative estimate of drug-likeness (QED) is 0.459. The van der Waals surface area contributed by atoms with Crippen molar-refractivity contribution in [2.24, 2.45) is 0 Å². The average molecular weight is 224 g/mol. The molecule has 16 heavy (non-hydrogen) atoms. The molecule has 1 rings (SSSR count). The van der Waals surface area contributed by atoms with Crippen LogP contribution in [0.1, 0.15) is 64.2 Å². The standard InChI is InChI=1S/C14H24O2/c15-14-12-10-8-6-4-2-1-3-5-7-9-11-13-16-14/h8,10H,1-7,9,11-13H2. The number of rotatable bonds is 0. The second-order valence-corrected chi connectivity index (χ2v) is 4.51. The van der Waals surface area contributed by atoms with Crippen molar-refractivity contribution >= 4 is 5.97 Å². The van der Waals surface area contributed by atoms with Crippen molar-refractivity contribution < 1.29 is 9.53 Å². The first-order valence-electron chi connectivity index (χ1n) is 6.70. The molecule has 0 atom stereocenters. The van der Waals surface area contributed by atoms with Crippen molar-refractivity contribution in [2.75, 3.05) is 6.61 Å². The van der Waals surface area contributed by atoms with E-state index in [1.54, 1.807) is 0 Å². The van der Waals surface area contributed by atoms with Gasteiger partial charge in [0.1, 0.15) is 0 Å². The Hall–Kier alpha value is -0.790. The highest BCUT2D eigenvalue weighted by atomic mass is 16.5. The first kappa shape index (κ1) is 13.3. The number of ether oxygens (including phenoxy) is 1. The van der Waals surface area contributed by atoms with Gasteiger partial charge in [-0.05, 0) is 19.3 Å². The van der Waals surface area contributed by atoms with Gasteiger partial charge in [-0.3, -0.25) is 4.79 Å². The van der Waals surface area contributed by atoms with Crippen molar-refractivity contribution in [1.82, 2.24) is 0 Å². The Kier molecular flexibility index (Phi) is 7.83. The Bertz CT molecular complexity index is 209. The van der Waals surface area contributed by atoms with Crippen molar-refractivity contribution in [3.63, 3.8) is 0 Å². The summed E-state index contributed by atoms with van der Waals surface area (Å²) >= 11 is 0. The van der Waals surface area contributed by atoms with Crippen LogP contribution in [0.4, 0.5) is 0 Å². The lowest BCUT2D eigenvalue weighted by Crippen LogP contribution is -2.04. The predicted molar refractivity (Wildman–Crippen MR) is 66.3 cm³/mol. The number of hydrogen-bond donors (Lipinski definition) is 0. The van der Waals surface area contributed by atoms with E-state index in [0.29, 0.717) is 13.0 Å². The fourth-order valence-corrected chi connectivity index (χ4v) is 1.97. The molecule has 0 amide bonds. The summed E-state index contributed by atoms with van der Waals surface area (Å²) in [4.78, 5) is 11.2. The lowest BCUT2D eigenvalue weighted by molar-refractivity contribution is -0.142. The molecule has 0 radical (unpaired) electrons. The van der Waals surface area contributed by atoms with Crippen LogP contribution in [0.25, 0.3) is 0 Å². The number of hydrogen-bond acceptors (Lipinski definition) is 2. The van der Waals surface area contributed by atoms with Crippen molar-refractivity contribution in [3.05, 3.63) is 12.2 Å². The first-order chi connectivity index (χ1) is 7.89. The number of cyclic esters (lactones) is 1. The van der Waals surface area contributed by atoms with Gasteiger partial charge in [-0.15, -0.1) is 0 Å². The molecule has 0 spiro atoms. The van der Waals surface area contributed by atoms with Gasteiger partial charge in [-0.2, -0.15) is 0 Å². The summed E-state index contributed by atoms with van der Waals surface area (Å²) in [7, 11) is 0. The Balaban J connectivity index is 2.21. The van der Waals surface area contributed by atoms with Gasteiger partial charge in [0.2, 0.25) is 0 Å². The molecular weight excluding hydrogens is 200 g/mol. The zero-order valence-corrected chi connectivity index (χ0v) is 10.2. The molecule has 0 aromatic rings.